The molecule has 0 aromatic heterocycles. The highest BCUT2D eigenvalue weighted by atomic mass is 16.5. The van der Waals surface area contributed by atoms with Gasteiger partial charge in [-0.1, -0.05) is 6.07 Å². The molecule has 1 saturated heterocycles. The second-order valence-corrected chi connectivity index (χ2v) is 3.70. The Morgan fingerprint density at radius 2 is 2.00 bits per heavy atom. The Kier molecular flexibility index (Phi) is 2.96. The minimum Gasteiger partial charge on any atom is -0.396 e. The average molecular weight is 221 g/mol. The summed E-state index contributed by atoms with van der Waals surface area (Å²) in [6, 6.07) is 5.33. The number of morpholine rings is 1. The molecule has 86 valence electrons. The number of amides is 1. The van der Waals surface area contributed by atoms with Crippen LogP contribution in [-0.4, -0.2) is 32.2 Å². The van der Waals surface area contributed by atoms with E-state index in [0.717, 1.165) is 18.8 Å². The molecule has 1 heterocycles. The number of hydrogen-bond acceptors (Lipinski definition) is 4. The maximum Gasteiger partial charge on any atom is 0.250 e. The average Bonchev–Trinajstić information content (AvgIpc) is 2.30. The van der Waals surface area contributed by atoms with E-state index in [1.165, 1.54) is 0 Å². The fourth-order valence-corrected chi connectivity index (χ4v) is 1.85. The van der Waals surface area contributed by atoms with Crippen LogP contribution >= 0.6 is 0 Å². The third-order valence-electron chi connectivity index (χ3n) is 2.70. The Morgan fingerprint density at radius 1 is 1.31 bits per heavy atom. The van der Waals surface area contributed by atoms with Crippen molar-refractivity contribution in [2.75, 3.05) is 36.9 Å². The van der Waals surface area contributed by atoms with Crippen molar-refractivity contribution in [3.05, 3.63) is 23.8 Å². The Hall–Kier alpha value is -1.75. The number of anilines is 2. The maximum atomic E-state index is 11.2. The normalized spacial score (nSPS) is 16.1. The predicted molar refractivity (Wildman–Crippen MR) is 62.4 cm³/mol. The molecular weight excluding hydrogens is 206 g/mol. The zero-order chi connectivity index (χ0) is 11.5. The summed E-state index contributed by atoms with van der Waals surface area (Å²) >= 11 is 0. The third kappa shape index (κ3) is 1.94. The Balaban J connectivity index is 2.33. The number of nitrogens with zero attached hydrogens (tertiary/aromatic N) is 1. The second kappa shape index (κ2) is 4.40. The van der Waals surface area contributed by atoms with Gasteiger partial charge < -0.3 is 21.1 Å². The molecular formula is C11H15N3O2. The SMILES string of the molecule is NC(=O)c1cccc(N2CCOCC2)c1N. The monoisotopic (exact) mass is 221 g/mol. The largest absolute Gasteiger partial charge is 0.396 e. The van der Waals surface area contributed by atoms with Gasteiger partial charge in [0, 0.05) is 13.1 Å². The molecule has 5 nitrogen and oxygen atoms in total. The van der Waals surface area contributed by atoms with Crippen LogP contribution in [-0.2, 0) is 4.74 Å². The minimum absolute atomic E-state index is 0.379. The first-order valence-electron chi connectivity index (χ1n) is 5.21. The molecule has 0 saturated carbocycles. The first-order valence-corrected chi connectivity index (χ1v) is 5.21. The molecule has 0 unspecified atom stereocenters. The highest BCUT2D eigenvalue weighted by Gasteiger charge is 2.16. The van der Waals surface area contributed by atoms with Crippen LogP contribution in [0.3, 0.4) is 0 Å². The van der Waals surface area contributed by atoms with Gasteiger partial charge in [-0.2, -0.15) is 0 Å². The van der Waals surface area contributed by atoms with Crippen LogP contribution in [0, 0.1) is 0 Å². The summed E-state index contributed by atoms with van der Waals surface area (Å²) < 4.78 is 5.26. The molecule has 1 fully saturated rings. The molecule has 1 aromatic rings. The molecule has 5 heteroatoms. The van der Waals surface area contributed by atoms with Gasteiger partial charge in [0.15, 0.2) is 0 Å². The van der Waals surface area contributed by atoms with E-state index < -0.39 is 5.91 Å². The van der Waals surface area contributed by atoms with E-state index in [2.05, 4.69) is 4.90 Å². The number of ether oxygens (including phenoxy) is 1. The van der Waals surface area contributed by atoms with Crippen molar-refractivity contribution >= 4 is 17.3 Å². The van der Waals surface area contributed by atoms with Crippen LogP contribution in [0.15, 0.2) is 18.2 Å². The van der Waals surface area contributed by atoms with Gasteiger partial charge >= 0.3 is 0 Å². The highest BCUT2D eigenvalue weighted by Crippen LogP contribution is 2.26. The number of nitrogen functional groups attached to an aromatic ring is 1. The molecule has 1 amide bonds. The summed E-state index contributed by atoms with van der Waals surface area (Å²) in [5, 5.41) is 0. The molecule has 0 atom stereocenters. The highest BCUT2D eigenvalue weighted by molar-refractivity contribution is 6.00. The van der Waals surface area contributed by atoms with Gasteiger partial charge in [0.1, 0.15) is 0 Å². The third-order valence-corrected chi connectivity index (χ3v) is 2.70. The van der Waals surface area contributed by atoms with E-state index in [1.807, 2.05) is 6.07 Å². The van der Waals surface area contributed by atoms with Crippen molar-refractivity contribution in [1.29, 1.82) is 0 Å². The lowest BCUT2D eigenvalue weighted by Crippen LogP contribution is -2.36. The van der Waals surface area contributed by atoms with Crippen molar-refractivity contribution in [1.82, 2.24) is 0 Å². The summed E-state index contributed by atoms with van der Waals surface area (Å²) in [5.41, 5.74) is 12.9. The lowest BCUT2D eigenvalue weighted by atomic mass is 10.1. The number of nitrogens with two attached hydrogens (primary N) is 2. The summed E-state index contributed by atoms with van der Waals surface area (Å²) in [6.07, 6.45) is 0. The standard InChI is InChI=1S/C11H15N3O2/c12-10-8(11(13)15)2-1-3-9(10)14-4-6-16-7-5-14/h1-3H,4-7,12H2,(H2,13,15). The topological polar surface area (TPSA) is 81.6 Å². The van der Waals surface area contributed by atoms with Crippen molar-refractivity contribution < 1.29 is 9.53 Å². The van der Waals surface area contributed by atoms with Gasteiger partial charge in [0.05, 0.1) is 30.2 Å². The first kappa shape index (κ1) is 10.8. The zero-order valence-corrected chi connectivity index (χ0v) is 8.98. The number of carbonyl (C=O) groups excluding carboxylic acids is 1. The number of hydrogen-bond donors (Lipinski definition) is 2. The molecule has 0 bridgehead atoms. The van der Waals surface area contributed by atoms with E-state index in [1.54, 1.807) is 12.1 Å². The molecule has 1 aromatic carbocycles. The van der Waals surface area contributed by atoms with Gasteiger partial charge in [-0.15, -0.1) is 0 Å². The van der Waals surface area contributed by atoms with E-state index in [0.29, 0.717) is 24.5 Å². The van der Waals surface area contributed by atoms with Crippen LogP contribution in [0.2, 0.25) is 0 Å². The second-order valence-electron chi connectivity index (χ2n) is 3.70. The number of primary amides is 1. The van der Waals surface area contributed by atoms with Crippen LogP contribution < -0.4 is 16.4 Å². The van der Waals surface area contributed by atoms with E-state index >= 15 is 0 Å². The van der Waals surface area contributed by atoms with Gasteiger partial charge in [-0.05, 0) is 12.1 Å². The van der Waals surface area contributed by atoms with E-state index in [4.69, 9.17) is 16.2 Å². The molecule has 0 radical (unpaired) electrons. The summed E-state index contributed by atoms with van der Waals surface area (Å²) in [5.74, 6) is -0.493. The van der Waals surface area contributed by atoms with Crippen molar-refractivity contribution in [2.24, 2.45) is 5.73 Å². The van der Waals surface area contributed by atoms with Gasteiger partial charge in [0.25, 0.3) is 5.91 Å². The van der Waals surface area contributed by atoms with Crippen LogP contribution in [0.5, 0.6) is 0 Å². The van der Waals surface area contributed by atoms with Gasteiger partial charge in [-0.3, -0.25) is 4.79 Å². The van der Waals surface area contributed by atoms with Crippen molar-refractivity contribution in [3.8, 4) is 0 Å². The summed E-state index contributed by atoms with van der Waals surface area (Å²) in [4.78, 5) is 13.3. The lowest BCUT2D eigenvalue weighted by molar-refractivity contribution is 0.100. The van der Waals surface area contributed by atoms with Crippen molar-refractivity contribution in [2.45, 2.75) is 0 Å². The number of benzene rings is 1. The first-order chi connectivity index (χ1) is 7.70. The molecule has 0 aliphatic carbocycles. The molecule has 4 N–H and O–H groups in total. The maximum absolute atomic E-state index is 11.2. The smallest absolute Gasteiger partial charge is 0.250 e. The van der Waals surface area contributed by atoms with Gasteiger partial charge in [-0.25, -0.2) is 0 Å². The summed E-state index contributed by atoms with van der Waals surface area (Å²) in [7, 11) is 0. The predicted octanol–water partition coefficient (Wildman–Crippen LogP) is 0.204. The van der Waals surface area contributed by atoms with E-state index in [-0.39, 0.29) is 0 Å². The van der Waals surface area contributed by atoms with Crippen LogP contribution in [0.25, 0.3) is 0 Å². The quantitative estimate of drug-likeness (QED) is 0.699. The molecule has 1 aliphatic heterocycles. The minimum atomic E-state index is -0.493. The Labute approximate surface area is 94.0 Å². The number of rotatable bonds is 2. The molecule has 2 rings (SSSR count). The fourth-order valence-electron chi connectivity index (χ4n) is 1.85. The molecule has 0 spiro atoms. The van der Waals surface area contributed by atoms with Gasteiger partial charge in [0.2, 0.25) is 0 Å². The molecule has 1 aliphatic rings. The van der Waals surface area contributed by atoms with Crippen LogP contribution in [0.1, 0.15) is 10.4 Å². The molecule has 16 heavy (non-hydrogen) atoms. The summed E-state index contributed by atoms with van der Waals surface area (Å²) in [6.45, 7) is 2.93. The number of carbonyl (C=O) groups is 1. The lowest BCUT2D eigenvalue weighted by Gasteiger charge is -2.30. The van der Waals surface area contributed by atoms with Crippen molar-refractivity contribution in [3.63, 3.8) is 0 Å². The van der Waals surface area contributed by atoms with Crippen LogP contribution in [0.4, 0.5) is 11.4 Å². The Morgan fingerprint density at radius 3 is 2.62 bits per heavy atom. The Bertz CT molecular complexity index is 400. The number of para-hydroxylation sites is 1. The fraction of sp³-hybridized carbons (Fsp3) is 0.364. The zero-order valence-electron chi connectivity index (χ0n) is 8.98. The van der Waals surface area contributed by atoms with E-state index in [9.17, 15) is 4.79 Å².